The molecule has 0 aliphatic carbocycles. The Bertz CT molecular complexity index is 796. The lowest BCUT2D eigenvalue weighted by atomic mass is 10.1. The standard InChI is InChI=1S/C18H15Cl2NO2/c1-2-21-16-9-4-3-6-13(18(16)23)17(22)11-10-12-14(19)7-5-8-15(12)20/h3-11H,2H2,1H3,(H,21,23). The largest absolute Gasteiger partial charge is 0.382 e. The number of rotatable bonds is 5. The topological polar surface area (TPSA) is 46.2 Å². The summed E-state index contributed by atoms with van der Waals surface area (Å²) < 4.78 is 0. The van der Waals surface area contributed by atoms with Crippen LogP contribution in [-0.4, -0.2) is 12.3 Å². The molecule has 0 saturated carbocycles. The first-order chi connectivity index (χ1) is 11.0. The molecule has 0 amide bonds. The predicted octanol–water partition coefficient (Wildman–Crippen LogP) is 4.68. The second kappa shape index (κ2) is 7.95. The summed E-state index contributed by atoms with van der Waals surface area (Å²) in [5.41, 5.74) is 0.691. The number of allylic oxidation sites excluding steroid dienone is 1. The van der Waals surface area contributed by atoms with Gasteiger partial charge in [0.15, 0.2) is 5.78 Å². The number of nitrogens with one attached hydrogen (secondary N) is 1. The SMILES string of the molecule is CCNc1ccccc(C(=O)C=Cc2c(Cl)cccc2Cl)c1=O. The summed E-state index contributed by atoms with van der Waals surface area (Å²) in [6, 6.07) is 11.6. The smallest absolute Gasteiger partial charge is 0.212 e. The molecule has 118 valence electrons. The van der Waals surface area contributed by atoms with Crippen LogP contribution in [0.3, 0.4) is 0 Å². The maximum Gasteiger partial charge on any atom is 0.212 e. The first kappa shape index (κ1) is 17.3. The Kier molecular flexibility index (Phi) is 5.97. The molecule has 0 heterocycles. The Morgan fingerprint density at radius 2 is 1.74 bits per heavy atom. The van der Waals surface area contributed by atoms with Crippen molar-refractivity contribution in [3.05, 3.63) is 79.9 Å². The van der Waals surface area contributed by atoms with E-state index in [4.69, 9.17) is 23.2 Å². The fraction of sp³-hybridized carbons (Fsp3) is 0.111. The minimum absolute atomic E-state index is 0.0883. The van der Waals surface area contributed by atoms with E-state index < -0.39 is 5.78 Å². The van der Waals surface area contributed by atoms with E-state index in [1.165, 1.54) is 18.2 Å². The van der Waals surface area contributed by atoms with Crippen molar-refractivity contribution in [1.29, 1.82) is 0 Å². The van der Waals surface area contributed by atoms with Gasteiger partial charge in [0.1, 0.15) is 0 Å². The van der Waals surface area contributed by atoms with Crippen molar-refractivity contribution in [2.75, 3.05) is 11.9 Å². The number of benzene rings is 1. The molecule has 0 aromatic heterocycles. The highest BCUT2D eigenvalue weighted by Crippen LogP contribution is 2.25. The van der Waals surface area contributed by atoms with Gasteiger partial charge in [-0.15, -0.1) is 0 Å². The van der Waals surface area contributed by atoms with E-state index >= 15 is 0 Å². The van der Waals surface area contributed by atoms with Crippen LogP contribution in [0.1, 0.15) is 22.8 Å². The van der Waals surface area contributed by atoms with Gasteiger partial charge >= 0.3 is 0 Å². The van der Waals surface area contributed by atoms with Crippen molar-refractivity contribution in [2.45, 2.75) is 6.92 Å². The lowest BCUT2D eigenvalue weighted by molar-refractivity contribution is 0.104. The molecule has 1 N–H and O–H groups in total. The molecule has 23 heavy (non-hydrogen) atoms. The van der Waals surface area contributed by atoms with Crippen LogP contribution in [0.15, 0.2) is 53.3 Å². The van der Waals surface area contributed by atoms with Gasteiger partial charge < -0.3 is 5.32 Å². The van der Waals surface area contributed by atoms with Crippen LogP contribution >= 0.6 is 23.2 Å². The predicted molar refractivity (Wildman–Crippen MR) is 96.7 cm³/mol. The van der Waals surface area contributed by atoms with Crippen LogP contribution in [0.2, 0.25) is 10.0 Å². The highest BCUT2D eigenvalue weighted by molar-refractivity contribution is 6.37. The Hall–Kier alpha value is -2.10. The van der Waals surface area contributed by atoms with Gasteiger partial charge in [-0.25, -0.2) is 0 Å². The number of carbonyl (C=O) groups excluding carboxylic acids is 1. The molecule has 0 radical (unpaired) electrons. The maximum atomic E-state index is 12.4. The van der Waals surface area contributed by atoms with E-state index in [0.717, 1.165) is 0 Å². The van der Waals surface area contributed by atoms with Gasteiger partial charge in [-0.2, -0.15) is 0 Å². The zero-order valence-corrected chi connectivity index (χ0v) is 14.0. The van der Waals surface area contributed by atoms with Crippen LogP contribution in [0.25, 0.3) is 6.08 Å². The molecule has 5 heteroatoms. The van der Waals surface area contributed by atoms with E-state index in [0.29, 0.717) is 27.8 Å². The lowest BCUT2D eigenvalue weighted by Crippen LogP contribution is -2.15. The van der Waals surface area contributed by atoms with Crippen molar-refractivity contribution in [2.24, 2.45) is 0 Å². The normalized spacial score (nSPS) is 10.7. The number of halogens is 2. The molecule has 3 nitrogen and oxygen atoms in total. The van der Waals surface area contributed by atoms with Crippen LogP contribution in [-0.2, 0) is 0 Å². The summed E-state index contributed by atoms with van der Waals surface area (Å²) in [5.74, 6) is -0.402. The molecule has 0 spiro atoms. The summed E-state index contributed by atoms with van der Waals surface area (Å²) in [5, 5.41) is 3.83. The van der Waals surface area contributed by atoms with Crippen LogP contribution in [0, 0.1) is 0 Å². The third-order valence-electron chi connectivity index (χ3n) is 3.16. The Balaban J connectivity index is 2.39. The summed E-state index contributed by atoms with van der Waals surface area (Å²) in [6.07, 6.45) is 2.83. The van der Waals surface area contributed by atoms with E-state index in [1.54, 1.807) is 36.4 Å². The molecule has 0 unspecified atom stereocenters. The second-order valence-corrected chi connectivity index (χ2v) is 5.55. The molecular weight excluding hydrogens is 333 g/mol. The molecular formula is C18H15Cl2NO2. The number of hydrogen-bond acceptors (Lipinski definition) is 3. The number of anilines is 1. The Labute approximate surface area is 144 Å². The summed E-state index contributed by atoms with van der Waals surface area (Å²) in [6.45, 7) is 2.48. The number of hydrogen-bond donors (Lipinski definition) is 1. The second-order valence-electron chi connectivity index (χ2n) is 4.74. The van der Waals surface area contributed by atoms with Gasteiger partial charge in [0, 0.05) is 22.2 Å². The fourth-order valence-corrected chi connectivity index (χ4v) is 2.57. The van der Waals surface area contributed by atoms with Crippen LogP contribution < -0.4 is 10.7 Å². The monoisotopic (exact) mass is 347 g/mol. The number of carbonyl (C=O) groups is 1. The van der Waals surface area contributed by atoms with Gasteiger partial charge in [-0.1, -0.05) is 41.4 Å². The van der Waals surface area contributed by atoms with Gasteiger partial charge in [0.25, 0.3) is 0 Å². The zero-order chi connectivity index (χ0) is 16.8. The van der Waals surface area contributed by atoms with Crippen LogP contribution in [0.5, 0.6) is 0 Å². The average molecular weight is 348 g/mol. The van der Waals surface area contributed by atoms with E-state index in [2.05, 4.69) is 5.32 Å². The van der Waals surface area contributed by atoms with E-state index in [9.17, 15) is 9.59 Å². The highest BCUT2D eigenvalue weighted by atomic mass is 35.5. The minimum atomic E-state index is -0.402. The zero-order valence-electron chi connectivity index (χ0n) is 12.5. The average Bonchev–Trinajstić information content (AvgIpc) is 2.69. The molecule has 2 rings (SSSR count). The molecule has 2 aromatic rings. The molecule has 0 aliphatic heterocycles. The molecule has 0 atom stereocenters. The van der Waals surface area contributed by atoms with E-state index in [1.807, 2.05) is 6.92 Å². The van der Waals surface area contributed by atoms with E-state index in [-0.39, 0.29) is 11.0 Å². The van der Waals surface area contributed by atoms with Crippen molar-refractivity contribution in [3.63, 3.8) is 0 Å². The molecule has 0 saturated heterocycles. The van der Waals surface area contributed by atoms with Gasteiger partial charge in [0.05, 0.1) is 11.3 Å². The van der Waals surface area contributed by atoms with Gasteiger partial charge in [0.2, 0.25) is 5.43 Å². The summed E-state index contributed by atoms with van der Waals surface area (Å²) >= 11 is 12.1. The molecule has 0 aliphatic rings. The minimum Gasteiger partial charge on any atom is -0.382 e. The molecule has 0 bridgehead atoms. The molecule has 0 fully saturated rings. The first-order valence-electron chi connectivity index (χ1n) is 7.08. The van der Waals surface area contributed by atoms with Crippen LogP contribution in [0.4, 0.5) is 5.69 Å². The first-order valence-corrected chi connectivity index (χ1v) is 7.83. The van der Waals surface area contributed by atoms with Crippen molar-refractivity contribution < 1.29 is 4.79 Å². The van der Waals surface area contributed by atoms with Crippen molar-refractivity contribution in [3.8, 4) is 0 Å². The molecule has 2 aromatic carbocycles. The lowest BCUT2D eigenvalue weighted by Gasteiger charge is -2.01. The highest BCUT2D eigenvalue weighted by Gasteiger charge is 2.09. The Morgan fingerprint density at radius 1 is 1.09 bits per heavy atom. The van der Waals surface area contributed by atoms with Gasteiger partial charge in [-0.3, -0.25) is 9.59 Å². The maximum absolute atomic E-state index is 12.4. The quantitative estimate of drug-likeness (QED) is 0.630. The van der Waals surface area contributed by atoms with Crippen molar-refractivity contribution in [1.82, 2.24) is 0 Å². The number of ketones is 1. The third kappa shape index (κ3) is 4.21. The van der Waals surface area contributed by atoms with Crippen molar-refractivity contribution >= 4 is 40.7 Å². The summed E-state index contributed by atoms with van der Waals surface area (Å²) in [4.78, 5) is 24.7. The third-order valence-corrected chi connectivity index (χ3v) is 3.82. The summed E-state index contributed by atoms with van der Waals surface area (Å²) in [7, 11) is 0. The Morgan fingerprint density at radius 3 is 2.39 bits per heavy atom. The van der Waals surface area contributed by atoms with Gasteiger partial charge in [-0.05, 0) is 43.3 Å². The fourth-order valence-electron chi connectivity index (χ4n) is 2.04.